The second-order valence-corrected chi connectivity index (χ2v) is 8.20. The fraction of sp³-hybridized carbons (Fsp3) is 0.941. The van der Waals surface area contributed by atoms with E-state index in [9.17, 15) is 40.5 Å². The van der Waals surface area contributed by atoms with Crippen molar-refractivity contribution in [2.75, 3.05) is 13.2 Å². The van der Waals surface area contributed by atoms with Crippen molar-refractivity contribution in [1.29, 1.82) is 0 Å². The lowest BCUT2D eigenvalue weighted by Crippen LogP contribution is -2.62. The summed E-state index contributed by atoms with van der Waals surface area (Å²) in [7, 11) is 0. The van der Waals surface area contributed by atoms with Crippen LogP contribution in [-0.2, 0) is 23.7 Å². The average Bonchev–Trinajstić information content (AvgIpc) is 2.66. The van der Waals surface area contributed by atoms with Crippen molar-refractivity contribution in [3.63, 3.8) is 0 Å². The van der Waals surface area contributed by atoms with E-state index in [1.807, 2.05) is 0 Å². The number of ether oxygens (including phenoxy) is 4. The van der Waals surface area contributed by atoms with Gasteiger partial charge >= 0.3 is 5.97 Å². The molecule has 29 heavy (non-hydrogen) atoms. The van der Waals surface area contributed by atoms with E-state index in [2.05, 4.69) is 0 Å². The lowest BCUT2D eigenvalue weighted by Gasteiger charge is -2.42. The van der Waals surface area contributed by atoms with Crippen molar-refractivity contribution in [3.8, 4) is 0 Å². The van der Waals surface area contributed by atoms with E-state index in [-0.39, 0.29) is 0 Å². The van der Waals surface area contributed by atoms with Gasteiger partial charge in [-0.05, 0) is 20.8 Å². The van der Waals surface area contributed by atoms with E-state index in [1.54, 1.807) is 20.8 Å². The molecule has 0 aromatic rings. The molecule has 2 aliphatic rings. The van der Waals surface area contributed by atoms with Crippen LogP contribution in [0.3, 0.4) is 0 Å². The molecule has 0 saturated carbocycles. The molecule has 0 bridgehead atoms. The summed E-state index contributed by atoms with van der Waals surface area (Å²) < 4.78 is 20.9. The van der Waals surface area contributed by atoms with Crippen molar-refractivity contribution in [2.45, 2.75) is 82.2 Å². The van der Waals surface area contributed by atoms with E-state index in [4.69, 9.17) is 18.9 Å². The molecule has 2 heterocycles. The van der Waals surface area contributed by atoms with Crippen LogP contribution < -0.4 is 0 Å². The number of carbonyl (C=O) groups is 1. The molecule has 0 spiro atoms. The van der Waals surface area contributed by atoms with Crippen molar-refractivity contribution >= 4 is 5.97 Å². The Morgan fingerprint density at radius 3 is 1.79 bits per heavy atom. The fourth-order valence-corrected chi connectivity index (χ4v) is 2.83. The van der Waals surface area contributed by atoms with Gasteiger partial charge in [0.2, 0.25) is 6.29 Å². The Labute approximate surface area is 167 Å². The van der Waals surface area contributed by atoms with Gasteiger partial charge in [-0.1, -0.05) is 0 Å². The summed E-state index contributed by atoms with van der Waals surface area (Å²) in [6.45, 7) is 3.58. The average molecular weight is 426 g/mol. The first-order valence-corrected chi connectivity index (χ1v) is 9.21. The number of esters is 1. The SMILES string of the molecule is CC(C)(C)C(=O)OC1O[C@@H](COC2OC(CO)C(O)C(O)C2O)[C@@H](O)[C@H](O)[C@@H]1O. The van der Waals surface area contributed by atoms with Crippen molar-refractivity contribution in [3.05, 3.63) is 0 Å². The smallest absolute Gasteiger partial charge is 0.313 e. The van der Waals surface area contributed by atoms with E-state index in [0.717, 1.165) is 0 Å². The number of hydrogen-bond acceptors (Lipinski definition) is 12. The largest absolute Gasteiger partial charge is 0.432 e. The summed E-state index contributed by atoms with van der Waals surface area (Å²) in [5.74, 6) is -0.709. The summed E-state index contributed by atoms with van der Waals surface area (Å²) in [5.41, 5.74) is -0.910. The lowest BCUT2D eigenvalue weighted by atomic mass is 9.96. The fourth-order valence-electron chi connectivity index (χ4n) is 2.83. The molecule has 10 atom stereocenters. The van der Waals surface area contributed by atoms with E-state index in [1.165, 1.54) is 0 Å². The first-order valence-electron chi connectivity index (χ1n) is 9.21. The summed E-state index contributed by atoms with van der Waals surface area (Å²) in [6.07, 6.45) is -15.5. The Morgan fingerprint density at radius 1 is 0.793 bits per heavy atom. The van der Waals surface area contributed by atoms with Gasteiger partial charge < -0.3 is 54.7 Å². The number of rotatable bonds is 5. The molecule has 12 nitrogen and oxygen atoms in total. The molecule has 0 amide bonds. The highest BCUT2D eigenvalue weighted by atomic mass is 16.7. The number of aliphatic hydroxyl groups is 7. The predicted molar refractivity (Wildman–Crippen MR) is 91.9 cm³/mol. The van der Waals surface area contributed by atoms with Crippen LogP contribution in [0, 0.1) is 5.41 Å². The minimum absolute atomic E-state index is 0.503. The summed E-state index contributed by atoms with van der Waals surface area (Å²) in [4.78, 5) is 12.0. The first-order chi connectivity index (χ1) is 13.4. The van der Waals surface area contributed by atoms with Crippen LogP contribution in [0.4, 0.5) is 0 Å². The van der Waals surface area contributed by atoms with Gasteiger partial charge in [-0.25, -0.2) is 0 Å². The third-order valence-electron chi connectivity index (χ3n) is 4.78. The highest BCUT2D eigenvalue weighted by molar-refractivity contribution is 5.75. The Balaban J connectivity index is 2.02. The third kappa shape index (κ3) is 5.41. The highest BCUT2D eigenvalue weighted by Gasteiger charge is 2.48. The quantitative estimate of drug-likeness (QED) is 0.212. The molecule has 0 aliphatic carbocycles. The molecule has 170 valence electrons. The molecule has 6 unspecified atom stereocenters. The number of aliphatic hydroxyl groups excluding tert-OH is 7. The van der Waals surface area contributed by atoms with Crippen LogP contribution in [0.1, 0.15) is 20.8 Å². The summed E-state index contributed by atoms with van der Waals surface area (Å²) >= 11 is 0. The molecule has 2 saturated heterocycles. The van der Waals surface area contributed by atoms with Crippen molar-refractivity contribution in [2.24, 2.45) is 5.41 Å². The van der Waals surface area contributed by atoms with Crippen LogP contribution >= 0.6 is 0 Å². The second kappa shape index (κ2) is 9.47. The minimum atomic E-state index is -1.72. The molecule has 12 heteroatoms. The number of hydrogen-bond donors (Lipinski definition) is 7. The van der Waals surface area contributed by atoms with E-state index >= 15 is 0 Å². The molecule has 7 N–H and O–H groups in total. The normalized spacial score (nSPS) is 43.8. The van der Waals surface area contributed by atoms with Gasteiger partial charge in [0.15, 0.2) is 6.29 Å². The lowest BCUT2D eigenvalue weighted by molar-refractivity contribution is -0.327. The molecular weight excluding hydrogens is 396 g/mol. The molecule has 0 aromatic carbocycles. The zero-order chi connectivity index (χ0) is 22.1. The molecule has 0 aromatic heterocycles. The van der Waals surface area contributed by atoms with Gasteiger partial charge in [-0.3, -0.25) is 4.79 Å². The zero-order valence-electron chi connectivity index (χ0n) is 16.4. The summed E-state index contributed by atoms with van der Waals surface area (Å²) in [6, 6.07) is 0. The topological polar surface area (TPSA) is 196 Å². The number of carbonyl (C=O) groups excluding carboxylic acids is 1. The summed E-state index contributed by atoms with van der Waals surface area (Å²) in [5, 5.41) is 68.9. The maximum atomic E-state index is 12.0. The standard InChI is InChI=1S/C17H30O12/c1-17(2,3)16(25)29-15-13(24)11(22)9(20)7(28-15)5-26-14-12(23)10(21)8(19)6(4-18)27-14/h6-15,18-24H,4-5H2,1-3H3/t6?,7-,8?,9+,10?,11-,12?,13-,14?,15?/m0/s1. The van der Waals surface area contributed by atoms with Crippen molar-refractivity contribution in [1.82, 2.24) is 0 Å². The van der Waals surface area contributed by atoms with Crippen LogP contribution in [-0.4, -0.2) is 116 Å². The molecule has 2 rings (SSSR count). The van der Waals surface area contributed by atoms with Gasteiger partial charge in [-0.15, -0.1) is 0 Å². The Bertz CT molecular complexity index is 549. The Kier molecular flexibility index (Phi) is 7.95. The molecule has 2 aliphatic heterocycles. The molecule has 0 radical (unpaired) electrons. The molecule has 2 fully saturated rings. The zero-order valence-corrected chi connectivity index (χ0v) is 16.4. The van der Waals surface area contributed by atoms with E-state index < -0.39 is 86.0 Å². The van der Waals surface area contributed by atoms with Crippen molar-refractivity contribution < 1.29 is 59.5 Å². The minimum Gasteiger partial charge on any atom is -0.432 e. The van der Waals surface area contributed by atoms with Gasteiger partial charge in [-0.2, -0.15) is 0 Å². The van der Waals surface area contributed by atoms with Gasteiger partial charge in [0.1, 0.15) is 48.8 Å². The van der Waals surface area contributed by atoms with Gasteiger partial charge in [0.05, 0.1) is 18.6 Å². The maximum absolute atomic E-state index is 12.0. The monoisotopic (exact) mass is 426 g/mol. The van der Waals surface area contributed by atoms with E-state index in [0.29, 0.717) is 0 Å². The Morgan fingerprint density at radius 2 is 1.28 bits per heavy atom. The third-order valence-corrected chi connectivity index (χ3v) is 4.78. The van der Waals surface area contributed by atoms with Crippen LogP contribution in [0.25, 0.3) is 0 Å². The highest BCUT2D eigenvalue weighted by Crippen LogP contribution is 2.27. The van der Waals surface area contributed by atoms with Gasteiger partial charge in [0, 0.05) is 0 Å². The van der Waals surface area contributed by atoms with Crippen LogP contribution in [0.2, 0.25) is 0 Å². The Hall–Kier alpha value is -0.930. The van der Waals surface area contributed by atoms with Gasteiger partial charge in [0.25, 0.3) is 0 Å². The molecular formula is C17H30O12. The van der Waals surface area contributed by atoms with Crippen LogP contribution in [0.15, 0.2) is 0 Å². The van der Waals surface area contributed by atoms with Crippen LogP contribution in [0.5, 0.6) is 0 Å². The predicted octanol–water partition coefficient (Wildman–Crippen LogP) is -3.80. The second-order valence-electron chi connectivity index (χ2n) is 8.20. The first kappa shape index (κ1) is 24.3. The maximum Gasteiger partial charge on any atom is 0.313 e.